The molecule has 0 radical (unpaired) electrons. The molecular weight excluding hydrogens is 460 g/mol. The number of nitrogens with zero attached hydrogens (tertiary/aromatic N) is 1. The highest BCUT2D eigenvalue weighted by molar-refractivity contribution is 6.32. The van der Waals surface area contributed by atoms with E-state index < -0.39 is 0 Å². The van der Waals surface area contributed by atoms with E-state index in [0.29, 0.717) is 17.9 Å². The van der Waals surface area contributed by atoms with Crippen molar-refractivity contribution in [1.29, 1.82) is 0 Å². The third-order valence-corrected chi connectivity index (χ3v) is 7.69. The van der Waals surface area contributed by atoms with E-state index in [1.807, 2.05) is 25.1 Å². The number of fused-ring (bicyclic) bond motifs is 1. The Balaban J connectivity index is 1.51. The molecule has 0 saturated carbocycles. The Kier molecular flexibility index (Phi) is 7.36. The van der Waals surface area contributed by atoms with Gasteiger partial charge < -0.3 is 4.90 Å². The van der Waals surface area contributed by atoms with Crippen LogP contribution in [0.5, 0.6) is 0 Å². The van der Waals surface area contributed by atoms with Gasteiger partial charge in [-0.15, -0.1) is 0 Å². The molecule has 2 aliphatic rings. The highest BCUT2D eigenvalue weighted by atomic mass is 35.5. The van der Waals surface area contributed by atoms with Crippen LogP contribution < -0.4 is 0 Å². The van der Waals surface area contributed by atoms with Crippen molar-refractivity contribution >= 4 is 22.7 Å². The molecule has 1 saturated heterocycles. The molecule has 0 spiro atoms. The van der Waals surface area contributed by atoms with Gasteiger partial charge in [-0.2, -0.15) is 0 Å². The Labute approximate surface area is 212 Å². The number of aryl methyl sites for hydroxylation is 2. The monoisotopic (exact) mass is 491 g/mol. The maximum Gasteiger partial charge on any atom is 0.131 e. The first-order chi connectivity index (χ1) is 17.0. The second-order valence-corrected chi connectivity index (χ2v) is 10.4. The van der Waals surface area contributed by atoms with Crippen molar-refractivity contribution in [3.63, 3.8) is 0 Å². The standard InChI is InChI=1S/C31H32ClF2N/c1-21-10-12-26(29(32)16-21)27-9-4-7-24-6-2-3-8-25(24)31(27)28-13-11-22(18-30(28)34)17-23-19-35(20-23)15-5-14-33/h2-3,6,8,10-13,16,18,23H,4-5,7,9,14-15,17,19-20H2,1H3. The third-order valence-electron chi connectivity index (χ3n) is 7.38. The summed E-state index contributed by atoms with van der Waals surface area (Å²) in [6.07, 6.45) is 4.27. The zero-order chi connectivity index (χ0) is 24.4. The summed E-state index contributed by atoms with van der Waals surface area (Å²) in [5.74, 6) is 0.336. The van der Waals surface area contributed by atoms with Crippen LogP contribution in [-0.2, 0) is 12.8 Å². The van der Waals surface area contributed by atoms with Gasteiger partial charge in [0.05, 0.1) is 6.67 Å². The summed E-state index contributed by atoms with van der Waals surface area (Å²) in [7, 11) is 0. The third kappa shape index (κ3) is 5.22. The molecule has 4 heteroatoms. The van der Waals surface area contributed by atoms with Gasteiger partial charge in [0, 0.05) is 30.2 Å². The number of alkyl halides is 1. The van der Waals surface area contributed by atoms with Crippen LogP contribution in [0.1, 0.15) is 52.6 Å². The predicted molar refractivity (Wildman–Crippen MR) is 142 cm³/mol. The molecule has 182 valence electrons. The summed E-state index contributed by atoms with van der Waals surface area (Å²) < 4.78 is 28.2. The van der Waals surface area contributed by atoms with Crippen molar-refractivity contribution in [3.8, 4) is 0 Å². The number of likely N-dealkylation sites (tertiary alicyclic amines) is 1. The van der Waals surface area contributed by atoms with Gasteiger partial charge in [0.15, 0.2) is 0 Å². The lowest BCUT2D eigenvalue weighted by molar-refractivity contribution is 0.0968. The zero-order valence-electron chi connectivity index (χ0n) is 20.3. The van der Waals surface area contributed by atoms with E-state index in [9.17, 15) is 4.39 Å². The SMILES string of the molecule is Cc1ccc(C2=C(c3ccc(CC4CN(CCCF)C4)cc3F)c3ccccc3CCC2)c(Cl)c1. The average Bonchev–Trinajstić information content (AvgIpc) is 3.00. The Morgan fingerprint density at radius 1 is 0.943 bits per heavy atom. The van der Waals surface area contributed by atoms with Crippen molar-refractivity contribution in [1.82, 2.24) is 4.90 Å². The van der Waals surface area contributed by atoms with E-state index in [2.05, 4.69) is 41.3 Å². The molecule has 0 amide bonds. The lowest BCUT2D eigenvalue weighted by Gasteiger charge is -2.39. The molecule has 5 rings (SSSR count). The molecule has 3 aromatic rings. The number of allylic oxidation sites excluding steroid dienone is 1. The Hall–Kier alpha value is -2.49. The molecule has 1 aliphatic heterocycles. The minimum atomic E-state index is -0.261. The Morgan fingerprint density at radius 3 is 2.51 bits per heavy atom. The van der Waals surface area contributed by atoms with Crippen LogP contribution in [0, 0.1) is 18.7 Å². The summed E-state index contributed by atoms with van der Waals surface area (Å²) in [4.78, 5) is 2.28. The highest BCUT2D eigenvalue weighted by Crippen LogP contribution is 2.42. The minimum absolute atomic E-state index is 0.177. The fourth-order valence-electron chi connectivity index (χ4n) is 5.66. The van der Waals surface area contributed by atoms with Gasteiger partial charge in [0.2, 0.25) is 0 Å². The van der Waals surface area contributed by atoms with Crippen LogP contribution in [-0.4, -0.2) is 31.2 Å². The maximum atomic E-state index is 15.8. The van der Waals surface area contributed by atoms with E-state index in [0.717, 1.165) is 83.7 Å². The Morgan fingerprint density at radius 2 is 1.74 bits per heavy atom. The van der Waals surface area contributed by atoms with Gasteiger partial charge in [0.1, 0.15) is 5.82 Å². The number of rotatable bonds is 7. The van der Waals surface area contributed by atoms with E-state index >= 15 is 4.39 Å². The van der Waals surface area contributed by atoms with Gasteiger partial charge in [-0.05, 0) is 96.0 Å². The molecule has 1 fully saturated rings. The number of hydrogen-bond donors (Lipinski definition) is 0. The first kappa shape index (κ1) is 24.2. The fraction of sp³-hybridized carbons (Fsp3) is 0.355. The molecule has 3 aromatic carbocycles. The van der Waals surface area contributed by atoms with E-state index in [4.69, 9.17) is 11.6 Å². The van der Waals surface area contributed by atoms with Gasteiger partial charge >= 0.3 is 0 Å². The first-order valence-electron chi connectivity index (χ1n) is 12.7. The summed E-state index contributed by atoms with van der Waals surface area (Å²) in [5, 5.41) is 0.719. The summed E-state index contributed by atoms with van der Waals surface area (Å²) >= 11 is 6.73. The van der Waals surface area contributed by atoms with E-state index in [1.54, 1.807) is 6.07 Å². The highest BCUT2D eigenvalue weighted by Gasteiger charge is 2.27. The van der Waals surface area contributed by atoms with Crippen LogP contribution in [0.15, 0.2) is 60.7 Å². The quantitative estimate of drug-likeness (QED) is 0.324. The summed E-state index contributed by atoms with van der Waals surface area (Å²) in [5.41, 5.74) is 8.23. The summed E-state index contributed by atoms with van der Waals surface area (Å²) in [6.45, 7) is 4.53. The van der Waals surface area contributed by atoms with Crippen molar-refractivity contribution in [2.75, 3.05) is 26.3 Å². The summed E-state index contributed by atoms with van der Waals surface area (Å²) in [6, 6.07) is 20.3. The lowest BCUT2D eigenvalue weighted by Crippen LogP contribution is -2.47. The van der Waals surface area contributed by atoms with Gasteiger partial charge in [-0.25, -0.2) is 4.39 Å². The lowest BCUT2D eigenvalue weighted by atomic mass is 9.86. The fourth-order valence-corrected chi connectivity index (χ4v) is 6.01. The normalized spacial score (nSPS) is 16.7. The van der Waals surface area contributed by atoms with E-state index in [1.165, 1.54) is 5.56 Å². The van der Waals surface area contributed by atoms with Gasteiger partial charge in [-0.3, -0.25) is 4.39 Å². The molecule has 1 heterocycles. The molecule has 0 N–H and O–H groups in total. The molecule has 35 heavy (non-hydrogen) atoms. The van der Waals surface area contributed by atoms with Crippen molar-refractivity contribution < 1.29 is 8.78 Å². The van der Waals surface area contributed by atoms with Crippen molar-refractivity contribution in [2.45, 2.75) is 39.0 Å². The Bertz CT molecular complexity index is 1240. The van der Waals surface area contributed by atoms with Crippen LogP contribution in [0.4, 0.5) is 8.78 Å². The molecule has 1 aliphatic carbocycles. The average molecular weight is 492 g/mol. The maximum absolute atomic E-state index is 15.8. The van der Waals surface area contributed by atoms with Gasteiger partial charge in [-0.1, -0.05) is 60.1 Å². The zero-order valence-corrected chi connectivity index (χ0v) is 21.1. The van der Waals surface area contributed by atoms with Crippen LogP contribution in [0.2, 0.25) is 5.02 Å². The molecule has 0 atom stereocenters. The smallest absolute Gasteiger partial charge is 0.131 e. The minimum Gasteiger partial charge on any atom is -0.303 e. The molecule has 0 unspecified atom stereocenters. The molecule has 0 aromatic heterocycles. The van der Waals surface area contributed by atoms with Crippen LogP contribution in [0.3, 0.4) is 0 Å². The largest absolute Gasteiger partial charge is 0.303 e. The van der Waals surface area contributed by atoms with Crippen LogP contribution in [0.25, 0.3) is 11.1 Å². The molecular formula is C31H32ClF2N. The number of halogens is 3. The molecule has 0 bridgehead atoms. The van der Waals surface area contributed by atoms with E-state index in [-0.39, 0.29) is 12.5 Å². The topological polar surface area (TPSA) is 3.24 Å². The predicted octanol–water partition coefficient (Wildman–Crippen LogP) is 7.92. The molecule has 1 nitrogen and oxygen atoms in total. The van der Waals surface area contributed by atoms with Crippen molar-refractivity contribution in [2.24, 2.45) is 5.92 Å². The van der Waals surface area contributed by atoms with Crippen LogP contribution >= 0.6 is 11.6 Å². The first-order valence-corrected chi connectivity index (χ1v) is 13.1. The number of benzene rings is 3. The number of hydrogen-bond acceptors (Lipinski definition) is 1. The van der Waals surface area contributed by atoms with Crippen molar-refractivity contribution in [3.05, 3.63) is 105 Å². The van der Waals surface area contributed by atoms with Gasteiger partial charge in [0.25, 0.3) is 0 Å². The second-order valence-electron chi connectivity index (χ2n) is 10.0. The second kappa shape index (κ2) is 10.6.